The van der Waals surface area contributed by atoms with Crippen LogP contribution < -0.4 is 0 Å². The normalized spacial score (nSPS) is 13.4. The highest BCUT2D eigenvalue weighted by Crippen LogP contribution is 2.49. The van der Waals surface area contributed by atoms with E-state index >= 15 is 0 Å². The van der Waals surface area contributed by atoms with E-state index < -0.39 is 0 Å². The maximum atomic E-state index is 6.17. The summed E-state index contributed by atoms with van der Waals surface area (Å²) in [4.78, 5) is 0. The molecule has 5 aromatic rings. The van der Waals surface area contributed by atoms with Crippen LogP contribution in [0.4, 0.5) is 0 Å². The van der Waals surface area contributed by atoms with Crippen LogP contribution in [-0.2, 0) is 5.41 Å². The van der Waals surface area contributed by atoms with Gasteiger partial charge in [-0.1, -0.05) is 104 Å². The largest absolute Gasteiger partial charge is 0.0843 e. The van der Waals surface area contributed by atoms with Crippen LogP contribution >= 0.6 is 11.6 Å². The topological polar surface area (TPSA) is 0 Å². The van der Waals surface area contributed by atoms with Gasteiger partial charge in [-0.2, -0.15) is 0 Å². The van der Waals surface area contributed by atoms with Crippen molar-refractivity contribution in [2.24, 2.45) is 0 Å². The zero-order valence-corrected chi connectivity index (χ0v) is 20.1. The molecule has 0 aliphatic heterocycles. The summed E-state index contributed by atoms with van der Waals surface area (Å²) in [6.07, 6.45) is 0. The Bertz CT molecular complexity index is 1510. The number of benzene rings is 5. The van der Waals surface area contributed by atoms with Crippen molar-refractivity contribution < 1.29 is 0 Å². The SMILES string of the molecule is CC1(C)c2ccccc2-c2ccc(-c3cc(-c4ccccc4)cc(-c4ccc(Cl)cc4)c3)cc21. The van der Waals surface area contributed by atoms with Crippen molar-refractivity contribution in [3.8, 4) is 44.5 Å². The molecule has 1 heteroatoms. The molecule has 0 unspecified atom stereocenters. The molecule has 0 saturated carbocycles. The Morgan fingerprint density at radius 1 is 0.441 bits per heavy atom. The van der Waals surface area contributed by atoms with Crippen molar-refractivity contribution in [2.75, 3.05) is 0 Å². The van der Waals surface area contributed by atoms with Crippen molar-refractivity contribution in [2.45, 2.75) is 19.3 Å². The summed E-state index contributed by atoms with van der Waals surface area (Å²) < 4.78 is 0. The molecule has 0 nitrogen and oxygen atoms in total. The molecule has 0 radical (unpaired) electrons. The van der Waals surface area contributed by atoms with E-state index in [0.29, 0.717) is 0 Å². The van der Waals surface area contributed by atoms with E-state index in [4.69, 9.17) is 11.6 Å². The van der Waals surface area contributed by atoms with E-state index in [-0.39, 0.29) is 5.41 Å². The Morgan fingerprint density at radius 2 is 0.971 bits per heavy atom. The lowest BCUT2D eigenvalue weighted by Gasteiger charge is -2.22. The van der Waals surface area contributed by atoms with Gasteiger partial charge in [0.15, 0.2) is 0 Å². The second kappa shape index (κ2) is 8.01. The van der Waals surface area contributed by atoms with Crippen LogP contribution in [0.3, 0.4) is 0 Å². The van der Waals surface area contributed by atoms with E-state index in [9.17, 15) is 0 Å². The minimum absolute atomic E-state index is 0.0159. The van der Waals surface area contributed by atoms with Gasteiger partial charge in [0.2, 0.25) is 0 Å². The lowest BCUT2D eigenvalue weighted by molar-refractivity contribution is 0.660. The number of hydrogen-bond donors (Lipinski definition) is 0. The second-order valence-corrected chi connectivity index (χ2v) is 10.0. The van der Waals surface area contributed by atoms with Gasteiger partial charge >= 0.3 is 0 Å². The molecule has 0 amide bonds. The van der Waals surface area contributed by atoms with Gasteiger partial charge in [0, 0.05) is 10.4 Å². The summed E-state index contributed by atoms with van der Waals surface area (Å²) in [5.74, 6) is 0. The van der Waals surface area contributed by atoms with Crippen LogP contribution in [0.15, 0.2) is 115 Å². The molecule has 1 aliphatic carbocycles. The average Bonchev–Trinajstić information content (AvgIpc) is 3.11. The fourth-order valence-corrected chi connectivity index (χ4v) is 5.41. The van der Waals surface area contributed by atoms with Gasteiger partial charge in [0.1, 0.15) is 0 Å². The molecule has 0 heterocycles. The minimum Gasteiger partial charge on any atom is -0.0843 e. The molecular formula is C33H25Cl. The highest BCUT2D eigenvalue weighted by atomic mass is 35.5. The zero-order chi connectivity index (χ0) is 23.3. The smallest absolute Gasteiger partial charge is 0.0406 e. The molecule has 0 N–H and O–H groups in total. The van der Waals surface area contributed by atoms with E-state index in [1.54, 1.807) is 0 Å². The summed E-state index contributed by atoms with van der Waals surface area (Å²) in [6, 6.07) is 41.4. The maximum Gasteiger partial charge on any atom is 0.0406 e. The van der Waals surface area contributed by atoms with Gasteiger partial charge in [-0.05, 0) is 92.0 Å². The molecule has 0 atom stereocenters. The molecule has 0 fully saturated rings. The molecule has 34 heavy (non-hydrogen) atoms. The van der Waals surface area contributed by atoms with E-state index in [2.05, 4.69) is 117 Å². The third kappa shape index (κ3) is 3.47. The first-order valence-electron chi connectivity index (χ1n) is 11.7. The number of fused-ring (bicyclic) bond motifs is 3. The molecule has 0 saturated heterocycles. The number of halogens is 1. The summed E-state index contributed by atoms with van der Waals surface area (Å²) in [7, 11) is 0. The fourth-order valence-electron chi connectivity index (χ4n) is 5.28. The van der Waals surface area contributed by atoms with Crippen molar-refractivity contribution in [1.82, 2.24) is 0 Å². The van der Waals surface area contributed by atoms with Gasteiger partial charge in [-0.15, -0.1) is 0 Å². The molecule has 0 aromatic heterocycles. The van der Waals surface area contributed by atoms with Crippen molar-refractivity contribution in [1.29, 1.82) is 0 Å². The third-order valence-corrected chi connectivity index (χ3v) is 7.39. The van der Waals surface area contributed by atoms with Crippen molar-refractivity contribution in [3.05, 3.63) is 131 Å². The lowest BCUT2D eigenvalue weighted by atomic mass is 9.81. The Morgan fingerprint density at radius 3 is 1.68 bits per heavy atom. The first kappa shape index (κ1) is 21.0. The molecule has 0 spiro atoms. The van der Waals surface area contributed by atoms with Crippen LogP contribution in [0.25, 0.3) is 44.5 Å². The number of hydrogen-bond acceptors (Lipinski definition) is 0. The monoisotopic (exact) mass is 456 g/mol. The molecule has 1 aliphatic rings. The second-order valence-electron chi connectivity index (χ2n) is 9.60. The molecule has 0 bridgehead atoms. The molecule has 5 aromatic carbocycles. The van der Waals surface area contributed by atoms with Gasteiger partial charge in [0.25, 0.3) is 0 Å². The van der Waals surface area contributed by atoms with Gasteiger partial charge in [0.05, 0.1) is 0 Å². The molecule has 6 rings (SSSR count). The summed E-state index contributed by atoms with van der Waals surface area (Å²) >= 11 is 6.17. The van der Waals surface area contributed by atoms with Gasteiger partial charge in [-0.25, -0.2) is 0 Å². The molecule has 164 valence electrons. The first-order chi connectivity index (χ1) is 16.5. The fraction of sp³-hybridized carbons (Fsp3) is 0.0909. The van der Waals surface area contributed by atoms with Crippen LogP contribution in [0.2, 0.25) is 5.02 Å². The van der Waals surface area contributed by atoms with Crippen molar-refractivity contribution in [3.63, 3.8) is 0 Å². The highest BCUT2D eigenvalue weighted by Gasteiger charge is 2.35. The molecular weight excluding hydrogens is 432 g/mol. The van der Waals surface area contributed by atoms with E-state index in [1.165, 1.54) is 50.1 Å². The van der Waals surface area contributed by atoms with Gasteiger partial charge < -0.3 is 0 Å². The predicted octanol–water partition coefficient (Wildman–Crippen LogP) is 9.65. The Labute approximate surface area is 206 Å². The van der Waals surface area contributed by atoms with Gasteiger partial charge in [-0.3, -0.25) is 0 Å². The number of rotatable bonds is 3. The first-order valence-corrected chi connectivity index (χ1v) is 12.1. The summed E-state index contributed by atoms with van der Waals surface area (Å²) in [6.45, 7) is 4.67. The summed E-state index contributed by atoms with van der Waals surface area (Å²) in [5.41, 5.74) is 12.7. The van der Waals surface area contributed by atoms with Crippen LogP contribution in [-0.4, -0.2) is 0 Å². The summed E-state index contributed by atoms with van der Waals surface area (Å²) in [5, 5.41) is 0.753. The third-order valence-electron chi connectivity index (χ3n) is 7.13. The Hall–Kier alpha value is -3.61. The van der Waals surface area contributed by atoms with Crippen LogP contribution in [0, 0.1) is 0 Å². The maximum absolute atomic E-state index is 6.17. The minimum atomic E-state index is -0.0159. The van der Waals surface area contributed by atoms with Crippen molar-refractivity contribution >= 4 is 11.6 Å². The lowest BCUT2D eigenvalue weighted by Crippen LogP contribution is -2.14. The standard InChI is InChI=1S/C33H25Cl/c1-33(2)31-11-7-6-10-29(31)30-17-14-24(21-32(30)33)27-19-25(22-8-4-3-5-9-22)18-26(20-27)23-12-15-28(34)16-13-23/h3-21H,1-2H3. The highest BCUT2D eigenvalue weighted by molar-refractivity contribution is 6.30. The quantitative estimate of drug-likeness (QED) is 0.253. The Kier molecular flexibility index (Phi) is 4.94. The van der Waals surface area contributed by atoms with Crippen LogP contribution in [0.1, 0.15) is 25.0 Å². The average molecular weight is 457 g/mol. The Balaban J connectivity index is 1.53. The van der Waals surface area contributed by atoms with E-state index in [1.807, 2.05) is 12.1 Å². The zero-order valence-electron chi connectivity index (χ0n) is 19.3. The van der Waals surface area contributed by atoms with Crippen LogP contribution in [0.5, 0.6) is 0 Å². The predicted molar refractivity (Wildman–Crippen MR) is 145 cm³/mol. The van der Waals surface area contributed by atoms with E-state index in [0.717, 1.165) is 10.6 Å².